The normalized spacial score (nSPS) is 11.3. The second-order valence-electron chi connectivity index (χ2n) is 5.51. The smallest absolute Gasteiger partial charge is 0.189 e. The molecule has 0 aromatic heterocycles. The molecular weight excluding hydrogens is 284 g/mol. The predicted molar refractivity (Wildman–Crippen MR) is 95.3 cm³/mol. The quantitative estimate of drug-likeness (QED) is 0.264. The van der Waals surface area contributed by atoms with Crippen LogP contribution in [0.15, 0.2) is 66.7 Å². The van der Waals surface area contributed by atoms with Gasteiger partial charge in [0, 0.05) is 17.2 Å². The molecule has 0 aliphatic heterocycles. The minimum Gasteiger partial charge on any atom is -0.493 e. The Bertz CT molecular complexity index is 615. The highest BCUT2D eigenvalue weighted by Gasteiger charge is 2.08. The van der Waals surface area contributed by atoms with Crippen LogP contribution in [0.2, 0.25) is 0 Å². The SMILES string of the molecule is CCCCCCO/C(=C\C(=O)c1ccccc1)c1ccccc1. The maximum atomic E-state index is 12.4. The highest BCUT2D eigenvalue weighted by Crippen LogP contribution is 2.18. The average Bonchev–Trinajstić information content (AvgIpc) is 2.62. The fourth-order valence-electron chi connectivity index (χ4n) is 2.33. The molecule has 0 aliphatic carbocycles. The number of ketones is 1. The zero-order chi connectivity index (χ0) is 16.3. The molecule has 120 valence electrons. The van der Waals surface area contributed by atoms with Crippen LogP contribution in [0.1, 0.15) is 48.5 Å². The van der Waals surface area contributed by atoms with Gasteiger partial charge >= 0.3 is 0 Å². The lowest BCUT2D eigenvalue weighted by atomic mass is 10.1. The zero-order valence-electron chi connectivity index (χ0n) is 13.7. The molecule has 0 amide bonds. The van der Waals surface area contributed by atoms with E-state index >= 15 is 0 Å². The number of carbonyl (C=O) groups is 1. The van der Waals surface area contributed by atoms with Crippen LogP contribution in [0.5, 0.6) is 0 Å². The second-order valence-corrected chi connectivity index (χ2v) is 5.51. The Morgan fingerprint density at radius 2 is 1.48 bits per heavy atom. The Morgan fingerprint density at radius 3 is 2.09 bits per heavy atom. The molecule has 0 N–H and O–H groups in total. The molecule has 0 spiro atoms. The molecule has 2 rings (SSSR count). The fourth-order valence-corrected chi connectivity index (χ4v) is 2.33. The van der Waals surface area contributed by atoms with E-state index in [9.17, 15) is 4.79 Å². The van der Waals surface area contributed by atoms with Crippen molar-refractivity contribution in [1.82, 2.24) is 0 Å². The van der Waals surface area contributed by atoms with Gasteiger partial charge in [0.1, 0.15) is 5.76 Å². The van der Waals surface area contributed by atoms with Crippen molar-refractivity contribution in [2.45, 2.75) is 32.6 Å². The van der Waals surface area contributed by atoms with E-state index in [1.165, 1.54) is 12.8 Å². The lowest BCUT2D eigenvalue weighted by Gasteiger charge is -2.11. The van der Waals surface area contributed by atoms with E-state index in [1.807, 2.05) is 60.7 Å². The van der Waals surface area contributed by atoms with E-state index in [-0.39, 0.29) is 5.78 Å². The van der Waals surface area contributed by atoms with Gasteiger partial charge in [0.2, 0.25) is 0 Å². The van der Waals surface area contributed by atoms with Crippen LogP contribution in [0.3, 0.4) is 0 Å². The Hall–Kier alpha value is -2.35. The van der Waals surface area contributed by atoms with E-state index in [1.54, 1.807) is 6.08 Å². The number of allylic oxidation sites excluding steroid dienone is 1. The molecule has 0 bridgehead atoms. The van der Waals surface area contributed by atoms with Crippen LogP contribution in [0, 0.1) is 0 Å². The highest BCUT2D eigenvalue weighted by atomic mass is 16.5. The largest absolute Gasteiger partial charge is 0.493 e. The molecule has 2 aromatic carbocycles. The fraction of sp³-hybridized carbons (Fsp3) is 0.286. The summed E-state index contributed by atoms with van der Waals surface area (Å²) >= 11 is 0. The minimum atomic E-state index is -0.0296. The van der Waals surface area contributed by atoms with E-state index in [4.69, 9.17) is 4.74 Å². The summed E-state index contributed by atoms with van der Waals surface area (Å²) in [6.07, 6.45) is 6.19. The maximum absolute atomic E-state index is 12.4. The Kier molecular flexibility index (Phi) is 7.12. The number of ether oxygens (including phenoxy) is 1. The minimum absolute atomic E-state index is 0.0296. The molecule has 0 saturated carbocycles. The van der Waals surface area contributed by atoms with E-state index < -0.39 is 0 Å². The van der Waals surface area contributed by atoms with Crippen LogP contribution in [-0.4, -0.2) is 12.4 Å². The summed E-state index contributed by atoms with van der Waals surface area (Å²) in [6, 6.07) is 19.1. The molecule has 0 fully saturated rings. The highest BCUT2D eigenvalue weighted by molar-refractivity contribution is 6.07. The van der Waals surface area contributed by atoms with E-state index in [0.29, 0.717) is 17.9 Å². The molecule has 2 nitrogen and oxygen atoms in total. The maximum Gasteiger partial charge on any atom is 0.189 e. The molecule has 0 atom stereocenters. The molecule has 2 heteroatoms. The second kappa shape index (κ2) is 9.62. The third-order valence-electron chi connectivity index (χ3n) is 3.63. The van der Waals surface area contributed by atoms with Gasteiger partial charge in [-0.2, -0.15) is 0 Å². The van der Waals surface area contributed by atoms with Crippen LogP contribution >= 0.6 is 0 Å². The first-order valence-corrected chi connectivity index (χ1v) is 8.30. The lowest BCUT2D eigenvalue weighted by Crippen LogP contribution is -2.00. The number of rotatable bonds is 9. The number of benzene rings is 2. The Morgan fingerprint density at radius 1 is 0.870 bits per heavy atom. The molecular formula is C21H24O2. The van der Waals surface area contributed by atoms with E-state index in [2.05, 4.69) is 6.92 Å². The number of hydrogen-bond donors (Lipinski definition) is 0. The van der Waals surface area contributed by atoms with Crippen molar-refractivity contribution in [2.24, 2.45) is 0 Å². The summed E-state index contributed by atoms with van der Waals surface area (Å²) in [5.41, 5.74) is 1.61. The van der Waals surface area contributed by atoms with Crippen molar-refractivity contribution in [3.05, 3.63) is 77.9 Å². The van der Waals surface area contributed by atoms with Crippen molar-refractivity contribution >= 4 is 11.5 Å². The first-order valence-electron chi connectivity index (χ1n) is 8.30. The number of hydrogen-bond acceptors (Lipinski definition) is 2. The predicted octanol–water partition coefficient (Wildman–Crippen LogP) is 5.51. The summed E-state index contributed by atoms with van der Waals surface area (Å²) in [5.74, 6) is 0.619. The molecule has 0 radical (unpaired) electrons. The van der Waals surface area contributed by atoms with Gasteiger partial charge in [-0.15, -0.1) is 0 Å². The van der Waals surface area contributed by atoms with Gasteiger partial charge in [-0.25, -0.2) is 0 Å². The van der Waals surface area contributed by atoms with Crippen LogP contribution in [0.4, 0.5) is 0 Å². The average molecular weight is 308 g/mol. The van der Waals surface area contributed by atoms with Crippen LogP contribution in [-0.2, 0) is 4.74 Å². The monoisotopic (exact) mass is 308 g/mol. The Balaban J connectivity index is 2.10. The van der Waals surface area contributed by atoms with Gasteiger partial charge in [0.25, 0.3) is 0 Å². The third-order valence-corrected chi connectivity index (χ3v) is 3.63. The van der Waals surface area contributed by atoms with Crippen molar-refractivity contribution < 1.29 is 9.53 Å². The first kappa shape index (κ1) is 17.0. The van der Waals surface area contributed by atoms with Crippen molar-refractivity contribution in [1.29, 1.82) is 0 Å². The first-order chi connectivity index (χ1) is 11.3. The van der Waals surface area contributed by atoms with Crippen molar-refractivity contribution in [3.8, 4) is 0 Å². The molecule has 0 unspecified atom stereocenters. The van der Waals surface area contributed by atoms with Gasteiger partial charge in [-0.1, -0.05) is 86.8 Å². The molecule has 0 heterocycles. The summed E-state index contributed by atoms with van der Waals surface area (Å²) in [7, 11) is 0. The number of carbonyl (C=O) groups excluding carboxylic acids is 1. The lowest BCUT2D eigenvalue weighted by molar-refractivity contribution is 0.104. The summed E-state index contributed by atoms with van der Waals surface area (Å²) < 4.78 is 5.91. The van der Waals surface area contributed by atoms with Crippen LogP contribution in [0.25, 0.3) is 5.76 Å². The Labute approximate surface area is 138 Å². The zero-order valence-corrected chi connectivity index (χ0v) is 13.7. The van der Waals surface area contributed by atoms with E-state index in [0.717, 1.165) is 18.4 Å². The van der Waals surface area contributed by atoms with Gasteiger partial charge in [0.05, 0.1) is 6.61 Å². The molecule has 0 aliphatic rings. The third kappa shape index (κ3) is 5.74. The number of unbranched alkanes of at least 4 members (excludes halogenated alkanes) is 3. The summed E-state index contributed by atoms with van der Waals surface area (Å²) in [6.45, 7) is 2.83. The van der Waals surface area contributed by atoms with Crippen molar-refractivity contribution in [2.75, 3.05) is 6.61 Å². The van der Waals surface area contributed by atoms with Gasteiger partial charge < -0.3 is 4.74 Å². The van der Waals surface area contributed by atoms with Gasteiger partial charge in [-0.05, 0) is 6.42 Å². The van der Waals surface area contributed by atoms with Crippen molar-refractivity contribution in [3.63, 3.8) is 0 Å². The summed E-state index contributed by atoms with van der Waals surface area (Å²) in [5, 5.41) is 0. The molecule has 23 heavy (non-hydrogen) atoms. The van der Waals surface area contributed by atoms with Gasteiger partial charge in [0.15, 0.2) is 5.78 Å². The van der Waals surface area contributed by atoms with Gasteiger partial charge in [-0.3, -0.25) is 4.79 Å². The molecule has 0 saturated heterocycles. The topological polar surface area (TPSA) is 26.3 Å². The summed E-state index contributed by atoms with van der Waals surface area (Å²) in [4.78, 5) is 12.4. The molecule has 2 aromatic rings. The van der Waals surface area contributed by atoms with Crippen LogP contribution < -0.4 is 0 Å². The standard InChI is InChI=1S/C21H24O2/c1-2-3-4-11-16-23-21(19-14-9-6-10-15-19)17-20(22)18-12-7-5-8-13-18/h5-10,12-15,17H,2-4,11,16H2,1H3/b21-17-.